The highest BCUT2D eigenvalue weighted by atomic mass is 79.9. The van der Waals surface area contributed by atoms with Gasteiger partial charge in [-0.25, -0.2) is 0 Å². The highest BCUT2D eigenvalue weighted by molar-refractivity contribution is 9.10. The number of thioether (sulfide) groups is 1. The van der Waals surface area contributed by atoms with E-state index in [4.69, 9.17) is 16.3 Å². The van der Waals surface area contributed by atoms with Gasteiger partial charge in [0.15, 0.2) is 5.16 Å². The van der Waals surface area contributed by atoms with E-state index in [2.05, 4.69) is 32.2 Å². The Labute approximate surface area is 225 Å². The van der Waals surface area contributed by atoms with Gasteiger partial charge in [0.05, 0.1) is 11.6 Å². The second-order valence-corrected chi connectivity index (χ2v) is 10.2. The van der Waals surface area contributed by atoms with Crippen LogP contribution in [0, 0.1) is 28.4 Å². The van der Waals surface area contributed by atoms with Crippen molar-refractivity contribution in [2.45, 2.75) is 23.9 Å². The molecule has 0 aliphatic heterocycles. The molecule has 182 valence electrons. The standard InChI is InChI=1S/C25H19BrClN5O3S/c1-16-29-30-25(32(16)21-9-7-20(27)8-10-21)36-24(14-31(33)34)22-12-19(26)6-11-23(22)35-15-18-5-3-2-4-17(18)13-28/h2-12,24H,14-15H2,1H3/t24-/m1/s1. The van der Waals surface area contributed by atoms with E-state index >= 15 is 0 Å². The molecular formula is C25H19BrClN5O3S. The first-order chi connectivity index (χ1) is 17.4. The van der Waals surface area contributed by atoms with E-state index < -0.39 is 5.25 Å². The third kappa shape index (κ3) is 6.05. The number of hydrogen-bond acceptors (Lipinski definition) is 7. The summed E-state index contributed by atoms with van der Waals surface area (Å²) in [6, 6.07) is 21.9. The van der Waals surface area contributed by atoms with Gasteiger partial charge in [-0.05, 0) is 55.5 Å². The molecule has 3 aromatic carbocycles. The molecule has 0 saturated heterocycles. The third-order valence-corrected chi connectivity index (χ3v) is 7.19. The van der Waals surface area contributed by atoms with E-state index in [1.54, 1.807) is 30.3 Å². The van der Waals surface area contributed by atoms with Crippen molar-refractivity contribution in [1.29, 1.82) is 5.26 Å². The summed E-state index contributed by atoms with van der Waals surface area (Å²) in [6.07, 6.45) is 0. The fourth-order valence-electron chi connectivity index (χ4n) is 3.58. The third-order valence-electron chi connectivity index (χ3n) is 5.28. The van der Waals surface area contributed by atoms with E-state index in [9.17, 15) is 15.4 Å². The molecule has 8 nitrogen and oxygen atoms in total. The van der Waals surface area contributed by atoms with Crippen molar-refractivity contribution in [3.8, 4) is 17.5 Å². The molecule has 0 unspecified atom stereocenters. The van der Waals surface area contributed by atoms with Crippen molar-refractivity contribution >= 4 is 39.3 Å². The second kappa shape index (κ2) is 11.6. The second-order valence-electron chi connectivity index (χ2n) is 7.70. The zero-order valence-electron chi connectivity index (χ0n) is 19.0. The number of hydrogen-bond donors (Lipinski definition) is 0. The van der Waals surface area contributed by atoms with E-state index in [0.29, 0.717) is 32.9 Å². The normalized spacial score (nSPS) is 11.6. The fourth-order valence-corrected chi connectivity index (χ4v) is 5.28. The van der Waals surface area contributed by atoms with Gasteiger partial charge in [-0.1, -0.05) is 57.5 Å². The molecule has 1 atom stereocenters. The van der Waals surface area contributed by atoms with Crippen molar-refractivity contribution in [3.05, 3.63) is 109 Å². The summed E-state index contributed by atoms with van der Waals surface area (Å²) in [5.74, 6) is 1.12. The number of ether oxygens (including phenoxy) is 1. The molecule has 0 fully saturated rings. The average Bonchev–Trinajstić information content (AvgIpc) is 3.23. The Morgan fingerprint density at radius 1 is 1.19 bits per heavy atom. The monoisotopic (exact) mass is 583 g/mol. The topological polar surface area (TPSA) is 107 Å². The molecule has 0 saturated carbocycles. The first-order valence-electron chi connectivity index (χ1n) is 10.7. The molecular weight excluding hydrogens is 566 g/mol. The van der Waals surface area contributed by atoms with E-state index in [1.165, 1.54) is 11.8 Å². The Hall–Kier alpha value is -3.39. The molecule has 0 amide bonds. The van der Waals surface area contributed by atoms with Crippen molar-refractivity contribution < 1.29 is 9.66 Å². The number of rotatable bonds is 9. The summed E-state index contributed by atoms with van der Waals surface area (Å²) in [5, 5.41) is 30.0. The lowest BCUT2D eigenvalue weighted by atomic mass is 10.1. The number of aromatic nitrogens is 3. The number of nitrogens with zero attached hydrogens (tertiary/aromatic N) is 5. The fraction of sp³-hybridized carbons (Fsp3) is 0.160. The maximum absolute atomic E-state index is 11.7. The van der Waals surface area contributed by atoms with Gasteiger partial charge < -0.3 is 4.74 Å². The van der Waals surface area contributed by atoms with Gasteiger partial charge in [-0.2, -0.15) is 5.26 Å². The summed E-state index contributed by atoms with van der Waals surface area (Å²) in [7, 11) is 0. The van der Waals surface area contributed by atoms with Crippen LogP contribution in [-0.2, 0) is 6.61 Å². The molecule has 0 N–H and O–H groups in total. The highest BCUT2D eigenvalue weighted by Crippen LogP contribution is 2.41. The van der Waals surface area contributed by atoms with Crippen LogP contribution in [0.5, 0.6) is 5.75 Å². The number of aryl methyl sites for hydroxylation is 1. The van der Waals surface area contributed by atoms with Crippen LogP contribution >= 0.6 is 39.3 Å². The summed E-state index contributed by atoms with van der Waals surface area (Å²) < 4.78 is 8.67. The molecule has 0 aliphatic rings. The van der Waals surface area contributed by atoms with Crippen LogP contribution in [0.1, 0.15) is 27.8 Å². The average molecular weight is 585 g/mol. The Kier molecular flexibility index (Phi) is 8.25. The zero-order valence-corrected chi connectivity index (χ0v) is 22.1. The Morgan fingerprint density at radius 3 is 2.67 bits per heavy atom. The van der Waals surface area contributed by atoms with Crippen molar-refractivity contribution in [2.24, 2.45) is 0 Å². The Balaban J connectivity index is 1.69. The zero-order chi connectivity index (χ0) is 25.7. The first-order valence-corrected chi connectivity index (χ1v) is 12.8. The minimum absolute atomic E-state index is 0.147. The maximum atomic E-state index is 11.7. The van der Waals surface area contributed by atoms with Crippen LogP contribution in [-0.4, -0.2) is 26.2 Å². The number of halogens is 2. The number of nitriles is 1. The summed E-state index contributed by atoms with van der Waals surface area (Å²) in [4.78, 5) is 11.3. The summed E-state index contributed by atoms with van der Waals surface area (Å²) in [5.41, 5.74) is 2.66. The lowest BCUT2D eigenvalue weighted by Gasteiger charge is -2.18. The molecule has 0 aliphatic carbocycles. The predicted octanol–water partition coefficient (Wildman–Crippen LogP) is 6.55. The number of nitro groups is 1. The summed E-state index contributed by atoms with van der Waals surface area (Å²) in [6.45, 7) is 1.60. The van der Waals surface area contributed by atoms with Gasteiger partial charge >= 0.3 is 0 Å². The first kappa shape index (κ1) is 25.7. The van der Waals surface area contributed by atoms with Crippen molar-refractivity contribution in [1.82, 2.24) is 14.8 Å². The van der Waals surface area contributed by atoms with Crippen LogP contribution in [0.25, 0.3) is 5.69 Å². The summed E-state index contributed by atoms with van der Waals surface area (Å²) >= 11 is 10.7. The molecule has 1 aromatic heterocycles. The van der Waals surface area contributed by atoms with Crippen molar-refractivity contribution in [2.75, 3.05) is 6.54 Å². The molecule has 0 bridgehead atoms. The van der Waals surface area contributed by atoms with Crippen LogP contribution in [0.2, 0.25) is 5.02 Å². The molecule has 11 heteroatoms. The number of benzene rings is 3. The smallest absolute Gasteiger partial charge is 0.220 e. The minimum Gasteiger partial charge on any atom is -0.489 e. The van der Waals surface area contributed by atoms with Gasteiger partial charge in [0.25, 0.3) is 0 Å². The van der Waals surface area contributed by atoms with Crippen LogP contribution in [0.4, 0.5) is 0 Å². The van der Waals surface area contributed by atoms with E-state index in [0.717, 1.165) is 15.7 Å². The van der Waals surface area contributed by atoms with Crippen LogP contribution in [0.3, 0.4) is 0 Å². The largest absolute Gasteiger partial charge is 0.489 e. The molecule has 4 rings (SSSR count). The Bertz CT molecular complexity index is 1440. The van der Waals surface area contributed by atoms with Crippen LogP contribution in [0.15, 0.2) is 76.4 Å². The Morgan fingerprint density at radius 2 is 1.94 bits per heavy atom. The maximum Gasteiger partial charge on any atom is 0.220 e. The van der Waals surface area contributed by atoms with E-state index in [1.807, 2.05) is 47.9 Å². The minimum atomic E-state index is -0.631. The predicted molar refractivity (Wildman–Crippen MR) is 141 cm³/mol. The van der Waals surface area contributed by atoms with Gasteiger partial charge in [0.2, 0.25) is 6.54 Å². The van der Waals surface area contributed by atoms with Gasteiger partial charge in [0.1, 0.15) is 23.4 Å². The molecule has 0 radical (unpaired) electrons. The van der Waals surface area contributed by atoms with Crippen LogP contribution < -0.4 is 4.74 Å². The SMILES string of the molecule is Cc1nnc(S[C@H](C[N+](=O)[O-])c2cc(Br)ccc2OCc2ccccc2C#N)n1-c1ccc(Cl)cc1. The van der Waals surface area contributed by atoms with Gasteiger partial charge in [-0.15, -0.1) is 10.2 Å². The van der Waals surface area contributed by atoms with Gasteiger partial charge in [-0.3, -0.25) is 14.7 Å². The quantitative estimate of drug-likeness (QED) is 0.125. The molecule has 1 heterocycles. The highest BCUT2D eigenvalue weighted by Gasteiger charge is 2.27. The molecule has 4 aromatic rings. The van der Waals surface area contributed by atoms with Gasteiger partial charge in [0, 0.05) is 31.2 Å². The lowest BCUT2D eigenvalue weighted by Crippen LogP contribution is -2.13. The molecule has 36 heavy (non-hydrogen) atoms. The van der Waals surface area contributed by atoms with Crippen molar-refractivity contribution in [3.63, 3.8) is 0 Å². The van der Waals surface area contributed by atoms with E-state index in [-0.39, 0.29) is 18.1 Å². The lowest BCUT2D eigenvalue weighted by molar-refractivity contribution is -0.479. The molecule has 0 spiro atoms.